The van der Waals surface area contributed by atoms with E-state index in [-0.39, 0.29) is 11.6 Å². The molecule has 3 heteroatoms. The van der Waals surface area contributed by atoms with Gasteiger partial charge in [0.1, 0.15) is 5.82 Å². The maximum absolute atomic E-state index is 13.9. The number of carbonyl (C=O) groups excluding carboxylic acids is 1. The van der Waals surface area contributed by atoms with Crippen LogP contribution in [0.15, 0.2) is 97.6 Å². The van der Waals surface area contributed by atoms with E-state index in [2.05, 4.69) is 6.58 Å². The van der Waals surface area contributed by atoms with Crippen molar-refractivity contribution in [1.82, 2.24) is 0 Å². The number of ketones is 1. The van der Waals surface area contributed by atoms with Crippen LogP contribution in [0.5, 0.6) is 0 Å². The number of methoxy groups -OCH3 is 1. The van der Waals surface area contributed by atoms with Gasteiger partial charge in [-0.05, 0) is 23.3 Å². The van der Waals surface area contributed by atoms with Crippen LogP contribution < -0.4 is 0 Å². The molecular weight excluding hydrogens is 339 g/mol. The Hall–Kier alpha value is -3.04. The number of halogens is 1. The number of carbonyl (C=O) groups is 1. The molecule has 2 atom stereocenters. The third kappa shape index (κ3) is 3.46. The van der Waals surface area contributed by atoms with Crippen molar-refractivity contribution in [1.29, 1.82) is 0 Å². The average Bonchev–Trinajstić information content (AvgIpc) is 2.73. The first-order valence-electron chi connectivity index (χ1n) is 8.72. The highest BCUT2D eigenvalue weighted by Crippen LogP contribution is 2.43. The van der Waals surface area contributed by atoms with Gasteiger partial charge in [0.25, 0.3) is 0 Å². The fraction of sp³-hybridized carbons (Fsp3) is 0.125. The summed E-state index contributed by atoms with van der Waals surface area (Å²) < 4.78 is 19.9. The van der Waals surface area contributed by atoms with Crippen LogP contribution in [0.2, 0.25) is 0 Å². The third-order valence-electron chi connectivity index (χ3n) is 4.78. The smallest absolute Gasteiger partial charge is 0.200 e. The zero-order valence-electron chi connectivity index (χ0n) is 15.1. The summed E-state index contributed by atoms with van der Waals surface area (Å²) in [6.45, 7) is 3.93. The minimum atomic E-state index is -1.36. The van der Waals surface area contributed by atoms with Gasteiger partial charge in [-0.2, -0.15) is 0 Å². The topological polar surface area (TPSA) is 26.3 Å². The van der Waals surface area contributed by atoms with Crippen molar-refractivity contribution in [2.24, 2.45) is 0 Å². The van der Waals surface area contributed by atoms with Gasteiger partial charge >= 0.3 is 0 Å². The van der Waals surface area contributed by atoms with Gasteiger partial charge < -0.3 is 4.74 Å². The van der Waals surface area contributed by atoms with Gasteiger partial charge in [0.05, 0.1) is 0 Å². The van der Waals surface area contributed by atoms with Gasteiger partial charge in [-0.25, -0.2) is 4.39 Å². The molecule has 0 spiro atoms. The molecule has 3 aromatic carbocycles. The molecule has 0 bridgehead atoms. The molecule has 0 aliphatic carbocycles. The van der Waals surface area contributed by atoms with E-state index >= 15 is 0 Å². The molecule has 27 heavy (non-hydrogen) atoms. The highest BCUT2D eigenvalue weighted by Gasteiger charge is 2.47. The van der Waals surface area contributed by atoms with Gasteiger partial charge in [0, 0.05) is 18.6 Å². The van der Waals surface area contributed by atoms with Crippen LogP contribution in [0.4, 0.5) is 4.39 Å². The lowest BCUT2D eigenvalue weighted by Gasteiger charge is -2.38. The van der Waals surface area contributed by atoms with E-state index in [0.29, 0.717) is 16.7 Å². The monoisotopic (exact) mass is 360 g/mol. The summed E-state index contributed by atoms with van der Waals surface area (Å²) in [5.41, 5.74) is 0.472. The zero-order chi connectivity index (χ0) is 19.3. The van der Waals surface area contributed by atoms with Crippen molar-refractivity contribution in [3.05, 3.63) is 120 Å². The summed E-state index contributed by atoms with van der Waals surface area (Å²) in [5, 5.41) is 0. The standard InChI is InChI=1S/C24H21FO2/c1-3-22(19-13-10-16-21(25)17-19)24(27-2,20-14-8-5-9-15-20)23(26)18-11-6-4-7-12-18/h3-17,22H,1H2,2H3/t22-,24-/m1/s1. The first-order chi connectivity index (χ1) is 13.1. The SMILES string of the molecule is C=C[C@H](c1cccc(F)c1)[C@@](OC)(C(=O)c1ccccc1)c1ccccc1. The second-order valence-corrected chi connectivity index (χ2v) is 6.27. The molecule has 0 heterocycles. The highest BCUT2D eigenvalue weighted by molar-refractivity contribution is 6.04. The molecule has 0 N–H and O–H groups in total. The van der Waals surface area contributed by atoms with Gasteiger partial charge in [-0.15, -0.1) is 6.58 Å². The van der Waals surface area contributed by atoms with E-state index in [9.17, 15) is 9.18 Å². The molecule has 0 saturated heterocycles. The molecule has 0 unspecified atom stereocenters. The highest BCUT2D eigenvalue weighted by atomic mass is 19.1. The van der Waals surface area contributed by atoms with E-state index in [4.69, 9.17) is 4.74 Å². The van der Waals surface area contributed by atoms with Crippen LogP contribution in [0.1, 0.15) is 27.4 Å². The third-order valence-corrected chi connectivity index (χ3v) is 4.78. The molecular formula is C24H21FO2. The Balaban J connectivity index is 2.26. The number of ether oxygens (including phenoxy) is 1. The maximum Gasteiger partial charge on any atom is 0.200 e. The normalized spacial score (nSPS) is 14.1. The Labute approximate surface area is 158 Å². The summed E-state index contributed by atoms with van der Waals surface area (Å²) >= 11 is 0. The lowest BCUT2D eigenvalue weighted by atomic mass is 9.72. The first-order valence-corrected chi connectivity index (χ1v) is 8.72. The van der Waals surface area contributed by atoms with Crippen LogP contribution in [-0.2, 0) is 10.3 Å². The summed E-state index contributed by atoms with van der Waals surface area (Å²) in [7, 11) is 1.50. The predicted octanol–water partition coefficient (Wildman–Crippen LogP) is 5.52. The summed E-state index contributed by atoms with van der Waals surface area (Å²) in [5.74, 6) is -1.15. The second kappa shape index (κ2) is 8.11. The fourth-order valence-electron chi connectivity index (χ4n) is 3.52. The quantitative estimate of drug-likeness (QED) is 0.410. The number of Topliss-reactive ketones (excluding diaryl/α,β-unsaturated/α-hetero) is 1. The summed E-state index contributed by atoms with van der Waals surface area (Å²) in [4.78, 5) is 13.7. The van der Waals surface area contributed by atoms with Crippen LogP contribution in [-0.4, -0.2) is 12.9 Å². The Kier molecular flexibility index (Phi) is 5.63. The Morgan fingerprint density at radius 3 is 2.19 bits per heavy atom. The molecule has 0 aromatic heterocycles. The molecule has 0 radical (unpaired) electrons. The molecule has 0 aliphatic heterocycles. The van der Waals surface area contributed by atoms with E-state index < -0.39 is 11.5 Å². The number of rotatable bonds is 7. The second-order valence-electron chi connectivity index (χ2n) is 6.27. The van der Waals surface area contributed by atoms with Crippen molar-refractivity contribution in [2.45, 2.75) is 11.5 Å². The maximum atomic E-state index is 13.9. The molecule has 0 fully saturated rings. The Morgan fingerprint density at radius 1 is 1.00 bits per heavy atom. The van der Waals surface area contributed by atoms with Gasteiger partial charge in [-0.3, -0.25) is 4.79 Å². The van der Waals surface area contributed by atoms with E-state index in [1.54, 1.807) is 30.3 Å². The minimum absolute atomic E-state index is 0.203. The Bertz CT molecular complexity index is 921. The zero-order valence-corrected chi connectivity index (χ0v) is 15.1. The van der Waals surface area contributed by atoms with Crippen molar-refractivity contribution in [3.63, 3.8) is 0 Å². The van der Waals surface area contributed by atoms with E-state index in [1.807, 2.05) is 48.5 Å². The molecule has 2 nitrogen and oxygen atoms in total. The van der Waals surface area contributed by atoms with Crippen molar-refractivity contribution in [3.8, 4) is 0 Å². The molecule has 136 valence electrons. The molecule has 0 amide bonds. The van der Waals surface area contributed by atoms with Crippen molar-refractivity contribution in [2.75, 3.05) is 7.11 Å². The average molecular weight is 360 g/mol. The number of hydrogen-bond donors (Lipinski definition) is 0. The minimum Gasteiger partial charge on any atom is -0.364 e. The molecule has 3 aromatic rings. The molecule has 3 rings (SSSR count). The number of benzene rings is 3. The van der Waals surface area contributed by atoms with Crippen LogP contribution >= 0.6 is 0 Å². The van der Waals surface area contributed by atoms with Gasteiger partial charge in [-0.1, -0.05) is 78.9 Å². The fourth-order valence-corrected chi connectivity index (χ4v) is 3.52. The first kappa shape index (κ1) is 18.7. The van der Waals surface area contributed by atoms with Crippen molar-refractivity contribution >= 4 is 5.78 Å². The lowest BCUT2D eigenvalue weighted by Crippen LogP contribution is -2.43. The van der Waals surface area contributed by atoms with E-state index in [0.717, 1.165) is 0 Å². The Morgan fingerprint density at radius 2 is 1.63 bits per heavy atom. The van der Waals surface area contributed by atoms with Crippen molar-refractivity contribution < 1.29 is 13.9 Å². The van der Waals surface area contributed by atoms with Crippen LogP contribution in [0.3, 0.4) is 0 Å². The molecule has 0 aliphatic rings. The lowest BCUT2D eigenvalue weighted by molar-refractivity contribution is -0.00997. The summed E-state index contributed by atoms with van der Waals surface area (Å²) in [6.07, 6.45) is 1.64. The number of hydrogen-bond acceptors (Lipinski definition) is 2. The van der Waals surface area contributed by atoms with Crippen LogP contribution in [0.25, 0.3) is 0 Å². The van der Waals surface area contributed by atoms with Gasteiger partial charge in [0.2, 0.25) is 0 Å². The summed E-state index contributed by atoms with van der Waals surface area (Å²) in [6, 6.07) is 24.5. The predicted molar refractivity (Wildman–Crippen MR) is 105 cm³/mol. The molecule has 0 saturated carbocycles. The van der Waals surface area contributed by atoms with E-state index in [1.165, 1.54) is 19.2 Å². The largest absolute Gasteiger partial charge is 0.364 e. The van der Waals surface area contributed by atoms with Gasteiger partial charge in [0.15, 0.2) is 11.4 Å². The van der Waals surface area contributed by atoms with Crippen LogP contribution in [0, 0.1) is 5.82 Å².